The van der Waals surface area contributed by atoms with Crippen molar-refractivity contribution in [2.24, 2.45) is 0 Å². The molecular weight excluding hydrogens is 254 g/mol. The summed E-state index contributed by atoms with van der Waals surface area (Å²) in [5.74, 6) is 0.446. The fourth-order valence-corrected chi connectivity index (χ4v) is 2.16. The second kappa shape index (κ2) is 5.82. The summed E-state index contributed by atoms with van der Waals surface area (Å²) in [6.07, 6.45) is 2.89. The molecule has 1 aromatic heterocycles. The van der Waals surface area contributed by atoms with E-state index in [1.165, 1.54) is 12.7 Å². The number of benzene rings is 1. The van der Waals surface area contributed by atoms with Gasteiger partial charge < -0.3 is 14.5 Å². The third-order valence-electron chi connectivity index (χ3n) is 3.20. The molecule has 4 heteroatoms. The van der Waals surface area contributed by atoms with E-state index in [1.54, 1.807) is 13.2 Å². The number of nitrogens with one attached hydrogen (secondary N) is 1. The number of allylic oxidation sites excluding steroid dienone is 2. The first-order valence-corrected chi connectivity index (χ1v) is 6.47. The fraction of sp³-hybridized carbons (Fsp3) is 0.312. The van der Waals surface area contributed by atoms with E-state index in [2.05, 4.69) is 24.9 Å². The minimum absolute atomic E-state index is 0.367. The number of methoxy groups -OCH3 is 2. The van der Waals surface area contributed by atoms with Gasteiger partial charge in [-0.15, -0.1) is 0 Å². The second-order valence-electron chi connectivity index (χ2n) is 4.87. The Kier molecular flexibility index (Phi) is 4.13. The van der Waals surface area contributed by atoms with Crippen LogP contribution in [0.4, 0.5) is 0 Å². The van der Waals surface area contributed by atoms with Crippen LogP contribution in [0.15, 0.2) is 29.8 Å². The average Bonchev–Trinajstić information content (AvgIpc) is 2.87. The number of carbonyl (C=O) groups excluding carboxylic acids is 1. The largest absolute Gasteiger partial charge is 0.496 e. The van der Waals surface area contributed by atoms with Gasteiger partial charge in [0.2, 0.25) is 0 Å². The molecular formula is C16H19NO3. The predicted octanol–water partition coefficient (Wildman–Crippen LogP) is 3.47. The van der Waals surface area contributed by atoms with E-state index in [9.17, 15) is 4.79 Å². The number of aromatic nitrogens is 1. The number of hydrogen-bond acceptors (Lipinski definition) is 3. The zero-order valence-electron chi connectivity index (χ0n) is 12.2. The van der Waals surface area contributed by atoms with Crippen molar-refractivity contribution < 1.29 is 14.3 Å². The van der Waals surface area contributed by atoms with Crippen LogP contribution < -0.4 is 4.74 Å². The van der Waals surface area contributed by atoms with E-state index in [4.69, 9.17) is 9.47 Å². The molecule has 0 aliphatic carbocycles. The van der Waals surface area contributed by atoms with Crippen molar-refractivity contribution >= 4 is 16.9 Å². The predicted molar refractivity (Wildman–Crippen MR) is 79.3 cm³/mol. The van der Waals surface area contributed by atoms with Gasteiger partial charge in [0.05, 0.1) is 19.7 Å². The molecule has 0 aliphatic rings. The molecule has 0 saturated heterocycles. The lowest BCUT2D eigenvalue weighted by molar-refractivity contribution is 0.0595. The number of carbonyl (C=O) groups is 1. The lowest BCUT2D eigenvalue weighted by atomic mass is 10.1. The van der Waals surface area contributed by atoms with Crippen LogP contribution in [0.25, 0.3) is 10.9 Å². The average molecular weight is 273 g/mol. The molecule has 0 amide bonds. The molecule has 1 heterocycles. The number of fused-ring (bicyclic) bond motifs is 1. The van der Waals surface area contributed by atoms with Gasteiger partial charge in [-0.2, -0.15) is 0 Å². The van der Waals surface area contributed by atoms with E-state index >= 15 is 0 Å². The maximum Gasteiger partial charge on any atom is 0.354 e. The Labute approximate surface area is 118 Å². The third-order valence-corrected chi connectivity index (χ3v) is 3.20. The normalized spacial score (nSPS) is 10.4. The van der Waals surface area contributed by atoms with Crippen molar-refractivity contribution in [1.29, 1.82) is 0 Å². The van der Waals surface area contributed by atoms with Gasteiger partial charge in [0.25, 0.3) is 0 Å². The highest BCUT2D eigenvalue weighted by atomic mass is 16.5. The lowest BCUT2D eigenvalue weighted by Gasteiger charge is -2.08. The topological polar surface area (TPSA) is 51.3 Å². The molecule has 0 spiro atoms. The summed E-state index contributed by atoms with van der Waals surface area (Å²) < 4.78 is 10.2. The van der Waals surface area contributed by atoms with Crippen LogP contribution in [-0.2, 0) is 11.2 Å². The first-order chi connectivity index (χ1) is 9.56. The number of H-pyrrole nitrogens is 1. The Hall–Kier alpha value is -2.23. The summed E-state index contributed by atoms with van der Waals surface area (Å²) in [5.41, 5.74) is 3.65. The van der Waals surface area contributed by atoms with E-state index in [1.807, 2.05) is 12.1 Å². The molecule has 0 fully saturated rings. The number of esters is 1. The molecule has 0 saturated carbocycles. The van der Waals surface area contributed by atoms with Gasteiger partial charge in [0.1, 0.15) is 11.4 Å². The van der Waals surface area contributed by atoms with Crippen LogP contribution in [0.2, 0.25) is 0 Å². The molecule has 0 unspecified atom stereocenters. The molecule has 0 bridgehead atoms. The first-order valence-electron chi connectivity index (χ1n) is 6.47. The van der Waals surface area contributed by atoms with Crippen molar-refractivity contribution in [3.63, 3.8) is 0 Å². The van der Waals surface area contributed by atoms with Crippen LogP contribution >= 0.6 is 0 Å². The standard InChI is InChI=1S/C16H19NO3/c1-10(2)5-7-12-14(19-3)8-6-11-9-13(16(18)20-4)17-15(11)12/h5-6,8-9,17H,7H2,1-4H3. The SMILES string of the molecule is COC(=O)c1cc2ccc(OC)c(CC=C(C)C)c2[nH]1. The Morgan fingerprint density at radius 3 is 2.65 bits per heavy atom. The smallest absolute Gasteiger partial charge is 0.354 e. The Morgan fingerprint density at radius 2 is 2.05 bits per heavy atom. The Balaban J connectivity index is 2.58. The second-order valence-corrected chi connectivity index (χ2v) is 4.87. The number of hydrogen-bond donors (Lipinski definition) is 1. The molecule has 1 N–H and O–H groups in total. The molecule has 0 atom stereocenters. The monoisotopic (exact) mass is 273 g/mol. The van der Waals surface area contributed by atoms with E-state index in [-0.39, 0.29) is 5.97 Å². The highest BCUT2D eigenvalue weighted by Gasteiger charge is 2.14. The van der Waals surface area contributed by atoms with Gasteiger partial charge in [0, 0.05) is 10.9 Å². The van der Waals surface area contributed by atoms with Gasteiger partial charge in [-0.3, -0.25) is 0 Å². The van der Waals surface area contributed by atoms with Crippen molar-refractivity contribution in [3.05, 3.63) is 41.1 Å². The van der Waals surface area contributed by atoms with Crippen molar-refractivity contribution in [1.82, 2.24) is 4.98 Å². The summed E-state index contributed by atoms with van der Waals surface area (Å²) >= 11 is 0. The van der Waals surface area contributed by atoms with Crippen molar-refractivity contribution in [2.45, 2.75) is 20.3 Å². The highest BCUT2D eigenvalue weighted by Crippen LogP contribution is 2.29. The first kappa shape index (κ1) is 14.2. The van der Waals surface area contributed by atoms with E-state index in [0.717, 1.165) is 28.6 Å². The molecule has 20 heavy (non-hydrogen) atoms. The lowest BCUT2D eigenvalue weighted by Crippen LogP contribution is -2.01. The van der Waals surface area contributed by atoms with Gasteiger partial charge in [-0.05, 0) is 38.5 Å². The number of rotatable bonds is 4. The van der Waals surface area contributed by atoms with Gasteiger partial charge in [-0.1, -0.05) is 11.6 Å². The minimum atomic E-state index is -0.367. The summed E-state index contributed by atoms with van der Waals surface area (Å²) in [4.78, 5) is 14.7. The van der Waals surface area contributed by atoms with Crippen LogP contribution in [0.5, 0.6) is 5.75 Å². The summed E-state index contributed by atoms with van der Waals surface area (Å²) in [6.45, 7) is 4.11. The van der Waals surface area contributed by atoms with Gasteiger partial charge in [0.15, 0.2) is 0 Å². The van der Waals surface area contributed by atoms with Gasteiger partial charge >= 0.3 is 5.97 Å². The van der Waals surface area contributed by atoms with Crippen LogP contribution in [-0.4, -0.2) is 25.2 Å². The van der Waals surface area contributed by atoms with Crippen LogP contribution in [0.1, 0.15) is 29.9 Å². The molecule has 2 aromatic rings. The van der Waals surface area contributed by atoms with Crippen LogP contribution in [0.3, 0.4) is 0 Å². The summed E-state index contributed by atoms with van der Waals surface area (Å²) in [6, 6.07) is 5.65. The molecule has 4 nitrogen and oxygen atoms in total. The zero-order chi connectivity index (χ0) is 14.7. The molecule has 2 rings (SSSR count). The minimum Gasteiger partial charge on any atom is -0.496 e. The fourth-order valence-electron chi connectivity index (χ4n) is 2.16. The van der Waals surface area contributed by atoms with E-state index < -0.39 is 0 Å². The Morgan fingerprint density at radius 1 is 1.30 bits per heavy atom. The molecule has 0 radical (unpaired) electrons. The maximum atomic E-state index is 11.6. The Bertz CT molecular complexity index is 664. The molecule has 1 aromatic carbocycles. The van der Waals surface area contributed by atoms with Crippen molar-refractivity contribution in [3.8, 4) is 5.75 Å². The van der Waals surface area contributed by atoms with Crippen molar-refractivity contribution in [2.75, 3.05) is 14.2 Å². The number of aromatic amines is 1. The van der Waals surface area contributed by atoms with Gasteiger partial charge in [-0.25, -0.2) is 4.79 Å². The highest BCUT2D eigenvalue weighted by molar-refractivity contribution is 5.96. The molecule has 106 valence electrons. The third kappa shape index (κ3) is 2.69. The van der Waals surface area contributed by atoms with Crippen LogP contribution in [0, 0.1) is 0 Å². The number of ether oxygens (including phenoxy) is 2. The van der Waals surface area contributed by atoms with E-state index in [0.29, 0.717) is 5.69 Å². The maximum absolute atomic E-state index is 11.6. The summed E-state index contributed by atoms with van der Waals surface area (Å²) in [5, 5.41) is 0.975. The molecule has 0 aliphatic heterocycles. The quantitative estimate of drug-likeness (QED) is 0.685. The zero-order valence-corrected chi connectivity index (χ0v) is 12.2. The summed E-state index contributed by atoms with van der Waals surface area (Å²) in [7, 11) is 3.02.